The summed E-state index contributed by atoms with van der Waals surface area (Å²) >= 11 is 5.85. The second-order valence-corrected chi connectivity index (χ2v) is 7.95. The van der Waals surface area contributed by atoms with E-state index in [4.69, 9.17) is 11.6 Å². The third-order valence-electron chi connectivity index (χ3n) is 3.62. The van der Waals surface area contributed by atoms with Gasteiger partial charge in [0, 0.05) is 20.3 Å². The summed E-state index contributed by atoms with van der Waals surface area (Å²) in [6, 6.07) is 9.74. The van der Waals surface area contributed by atoms with E-state index in [9.17, 15) is 13.2 Å². The van der Waals surface area contributed by atoms with Crippen molar-refractivity contribution in [2.24, 2.45) is 0 Å². The van der Waals surface area contributed by atoms with Crippen LogP contribution in [0.15, 0.2) is 47.5 Å². The highest BCUT2D eigenvalue weighted by atomic mass is 35.5. The van der Waals surface area contributed by atoms with Crippen molar-refractivity contribution in [1.82, 2.24) is 14.6 Å². The molecule has 1 aromatic heterocycles. The maximum absolute atomic E-state index is 12.7. The van der Waals surface area contributed by atoms with Gasteiger partial charge in [-0.2, -0.15) is 4.72 Å². The number of sulfonamides is 1. The van der Waals surface area contributed by atoms with Crippen LogP contribution >= 0.6 is 11.6 Å². The van der Waals surface area contributed by atoms with Crippen LogP contribution in [0.3, 0.4) is 0 Å². The number of aryl methyl sites for hydroxylation is 1. The van der Waals surface area contributed by atoms with Gasteiger partial charge in [0.05, 0.1) is 0 Å². The van der Waals surface area contributed by atoms with Crippen molar-refractivity contribution >= 4 is 27.5 Å². The molecule has 0 fully saturated rings. The molecule has 0 saturated heterocycles. The zero-order chi connectivity index (χ0) is 18.6. The van der Waals surface area contributed by atoms with Crippen molar-refractivity contribution in [3.63, 3.8) is 0 Å². The zero-order valence-electron chi connectivity index (χ0n) is 14.2. The Hall–Kier alpha value is -1.96. The lowest BCUT2D eigenvalue weighted by Gasteiger charge is -2.22. The first kappa shape index (κ1) is 19.4. The lowest BCUT2D eigenvalue weighted by atomic mass is 10.1. The van der Waals surface area contributed by atoms with Crippen LogP contribution in [0.5, 0.6) is 0 Å². The summed E-state index contributed by atoms with van der Waals surface area (Å²) < 4.78 is 27.8. The summed E-state index contributed by atoms with van der Waals surface area (Å²) in [6.45, 7) is 1.67. The Morgan fingerprint density at radius 1 is 1.28 bits per heavy atom. The average molecular weight is 382 g/mol. The SMILES string of the molecule is Cc1cc(S(=O)(=O)NC(Cc2ccccc2)C(=O)N(C)C)cnc1Cl. The second kappa shape index (κ2) is 7.95. The van der Waals surface area contributed by atoms with Gasteiger partial charge in [-0.15, -0.1) is 0 Å². The summed E-state index contributed by atoms with van der Waals surface area (Å²) in [5, 5.41) is 0.240. The van der Waals surface area contributed by atoms with Gasteiger partial charge >= 0.3 is 0 Å². The van der Waals surface area contributed by atoms with Crippen molar-refractivity contribution in [1.29, 1.82) is 0 Å². The number of benzene rings is 1. The number of amides is 1. The molecule has 0 aliphatic rings. The molecule has 134 valence electrons. The number of carbonyl (C=O) groups excluding carboxylic acids is 1. The van der Waals surface area contributed by atoms with Gasteiger partial charge in [-0.3, -0.25) is 4.79 Å². The van der Waals surface area contributed by atoms with Crippen molar-refractivity contribution in [3.8, 4) is 0 Å². The molecule has 1 amide bonds. The topological polar surface area (TPSA) is 79.4 Å². The van der Waals surface area contributed by atoms with E-state index in [1.54, 1.807) is 21.0 Å². The van der Waals surface area contributed by atoms with Crippen molar-refractivity contribution in [2.75, 3.05) is 14.1 Å². The van der Waals surface area contributed by atoms with E-state index in [0.29, 0.717) is 5.56 Å². The third-order valence-corrected chi connectivity index (χ3v) is 5.45. The Labute approximate surface area is 152 Å². The van der Waals surface area contributed by atoms with E-state index in [-0.39, 0.29) is 22.4 Å². The van der Waals surface area contributed by atoms with Gasteiger partial charge in [-0.05, 0) is 30.5 Å². The Kier molecular flexibility index (Phi) is 6.16. The number of hydrogen-bond acceptors (Lipinski definition) is 4. The van der Waals surface area contributed by atoms with Gasteiger partial charge in [-0.25, -0.2) is 13.4 Å². The molecule has 1 N–H and O–H groups in total. The molecule has 2 aromatic rings. The third kappa shape index (κ3) is 5.01. The number of nitrogens with one attached hydrogen (secondary N) is 1. The van der Waals surface area contributed by atoms with Gasteiger partial charge in [0.25, 0.3) is 0 Å². The van der Waals surface area contributed by atoms with E-state index in [0.717, 1.165) is 5.56 Å². The predicted octanol–water partition coefficient (Wildman–Crippen LogP) is 2.02. The molecule has 1 atom stereocenters. The number of halogens is 1. The molecule has 1 aromatic carbocycles. The largest absolute Gasteiger partial charge is 0.347 e. The van der Waals surface area contributed by atoms with Crippen LogP contribution in [-0.2, 0) is 21.2 Å². The van der Waals surface area contributed by atoms with Crippen molar-refractivity contribution in [3.05, 3.63) is 58.9 Å². The van der Waals surface area contributed by atoms with Gasteiger partial charge in [0.2, 0.25) is 15.9 Å². The highest BCUT2D eigenvalue weighted by molar-refractivity contribution is 7.89. The normalized spacial score (nSPS) is 12.6. The lowest BCUT2D eigenvalue weighted by Crippen LogP contribution is -2.47. The number of carbonyl (C=O) groups is 1. The number of pyridine rings is 1. The summed E-state index contributed by atoms with van der Waals surface area (Å²) in [5.41, 5.74) is 1.40. The van der Waals surface area contributed by atoms with Crippen molar-refractivity contribution in [2.45, 2.75) is 24.3 Å². The van der Waals surface area contributed by atoms with Crippen LogP contribution in [0.25, 0.3) is 0 Å². The smallest absolute Gasteiger partial charge is 0.242 e. The Morgan fingerprint density at radius 2 is 1.92 bits per heavy atom. The minimum atomic E-state index is -3.92. The molecule has 0 radical (unpaired) electrons. The second-order valence-electron chi connectivity index (χ2n) is 5.87. The van der Waals surface area contributed by atoms with E-state index in [1.807, 2.05) is 30.3 Å². The minimum absolute atomic E-state index is 0.0287. The van der Waals surface area contributed by atoms with Crippen LogP contribution in [-0.4, -0.2) is 44.3 Å². The van der Waals surface area contributed by atoms with Crippen LogP contribution in [0, 0.1) is 6.92 Å². The summed E-state index contributed by atoms with van der Waals surface area (Å²) in [5.74, 6) is -0.328. The molecule has 0 saturated carbocycles. The summed E-state index contributed by atoms with van der Waals surface area (Å²) in [6.07, 6.45) is 1.43. The van der Waals surface area contributed by atoms with E-state index < -0.39 is 16.1 Å². The molecule has 1 unspecified atom stereocenters. The lowest BCUT2D eigenvalue weighted by molar-refractivity contribution is -0.130. The minimum Gasteiger partial charge on any atom is -0.347 e. The van der Waals surface area contributed by atoms with E-state index in [1.165, 1.54) is 17.2 Å². The van der Waals surface area contributed by atoms with Crippen LogP contribution in [0.4, 0.5) is 0 Å². The average Bonchev–Trinajstić information content (AvgIpc) is 2.56. The number of nitrogens with zero attached hydrogens (tertiary/aromatic N) is 2. The molecule has 25 heavy (non-hydrogen) atoms. The highest BCUT2D eigenvalue weighted by Gasteiger charge is 2.27. The Bertz CT molecular complexity index is 855. The van der Waals surface area contributed by atoms with Gasteiger partial charge in [0.15, 0.2) is 0 Å². The van der Waals surface area contributed by atoms with E-state index in [2.05, 4.69) is 9.71 Å². The fourth-order valence-corrected chi connectivity index (χ4v) is 3.60. The fourth-order valence-electron chi connectivity index (χ4n) is 2.28. The first-order valence-electron chi connectivity index (χ1n) is 7.60. The highest BCUT2D eigenvalue weighted by Crippen LogP contribution is 2.17. The quantitative estimate of drug-likeness (QED) is 0.776. The molecule has 6 nitrogen and oxygen atoms in total. The number of likely N-dealkylation sites (N-methyl/N-ethyl adjacent to an activating group) is 1. The van der Waals surface area contributed by atoms with Gasteiger partial charge in [0.1, 0.15) is 16.1 Å². The van der Waals surface area contributed by atoms with Gasteiger partial charge < -0.3 is 4.90 Å². The molecule has 0 spiro atoms. The van der Waals surface area contributed by atoms with E-state index >= 15 is 0 Å². The molecule has 8 heteroatoms. The number of rotatable bonds is 6. The Balaban J connectivity index is 2.31. The monoisotopic (exact) mass is 381 g/mol. The molecule has 0 aliphatic heterocycles. The molecular formula is C17H20ClN3O3S. The predicted molar refractivity (Wildman–Crippen MR) is 96.9 cm³/mol. The molecular weight excluding hydrogens is 362 g/mol. The maximum Gasteiger partial charge on any atom is 0.242 e. The van der Waals surface area contributed by atoms with Crippen LogP contribution in [0.2, 0.25) is 5.15 Å². The Morgan fingerprint density at radius 3 is 2.48 bits per heavy atom. The maximum atomic E-state index is 12.7. The fraction of sp³-hybridized carbons (Fsp3) is 0.294. The van der Waals surface area contributed by atoms with Gasteiger partial charge in [-0.1, -0.05) is 41.9 Å². The molecule has 0 bridgehead atoms. The zero-order valence-corrected chi connectivity index (χ0v) is 15.8. The van der Waals surface area contributed by atoms with Crippen molar-refractivity contribution < 1.29 is 13.2 Å². The van der Waals surface area contributed by atoms with Crippen LogP contribution in [0.1, 0.15) is 11.1 Å². The summed E-state index contributed by atoms with van der Waals surface area (Å²) in [4.78, 5) is 17.6. The summed E-state index contributed by atoms with van der Waals surface area (Å²) in [7, 11) is -0.744. The molecule has 1 heterocycles. The molecule has 2 rings (SSSR count). The first-order valence-corrected chi connectivity index (χ1v) is 9.46. The number of aromatic nitrogens is 1. The molecule has 0 aliphatic carbocycles. The standard InChI is InChI=1S/C17H20ClN3O3S/c1-12-9-14(11-19-16(12)18)25(23,24)20-15(17(22)21(2)3)10-13-7-5-4-6-8-13/h4-9,11,15,20H,10H2,1-3H3. The van der Waals surface area contributed by atoms with Crippen LogP contribution < -0.4 is 4.72 Å². The number of hydrogen-bond donors (Lipinski definition) is 1. The first-order chi connectivity index (χ1) is 11.7.